The van der Waals surface area contributed by atoms with E-state index in [0.29, 0.717) is 19.4 Å². The summed E-state index contributed by atoms with van der Waals surface area (Å²) in [7, 11) is 0. The van der Waals surface area contributed by atoms with Crippen molar-refractivity contribution in [2.75, 3.05) is 6.54 Å². The molecular weight excluding hydrogens is 196 g/mol. The molecule has 0 heterocycles. The van der Waals surface area contributed by atoms with E-state index in [4.69, 9.17) is 10.8 Å². The maximum Gasteiger partial charge on any atom is 0.326 e. The largest absolute Gasteiger partial charge is 0.480 e. The van der Waals surface area contributed by atoms with Crippen LogP contribution in [0.3, 0.4) is 0 Å². The van der Waals surface area contributed by atoms with E-state index < -0.39 is 12.0 Å². The Labute approximate surface area is 90.0 Å². The highest BCUT2D eigenvalue weighted by Crippen LogP contribution is 2.00. The van der Waals surface area contributed by atoms with Gasteiger partial charge < -0.3 is 16.2 Å². The number of hydrogen-bond donors (Lipinski definition) is 3. The molecule has 0 aliphatic carbocycles. The van der Waals surface area contributed by atoms with Crippen molar-refractivity contribution >= 4 is 11.9 Å². The summed E-state index contributed by atoms with van der Waals surface area (Å²) in [6, 6.07) is -0.757. The van der Waals surface area contributed by atoms with E-state index >= 15 is 0 Å². The van der Waals surface area contributed by atoms with Gasteiger partial charge in [0.2, 0.25) is 5.91 Å². The van der Waals surface area contributed by atoms with Gasteiger partial charge >= 0.3 is 5.97 Å². The fraction of sp³-hybridized carbons (Fsp3) is 0.800. The molecule has 15 heavy (non-hydrogen) atoms. The van der Waals surface area contributed by atoms with Crippen LogP contribution in [0.5, 0.6) is 0 Å². The van der Waals surface area contributed by atoms with Crippen LogP contribution in [0.1, 0.15) is 39.0 Å². The van der Waals surface area contributed by atoms with Crippen LogP contribution >= 0.6 is 0 Å². The fourth-order valence-electron chi connectivity index (χ4n) is 1.21. The molecule has 0 fully saturated rings. The van der Waals surface area contributed by atoms with Crippen molar-refractivity contribution in [1.82, 2.24) is 5.32 Å². The summed E-state index contributed by atoms with van der Waals surface area (Å²) >= 11 is 0. The predicted molar refractivity (Wildman–Crippen MR) is 57.4 cm³/mol. The van der Waals surface area contributed by atoms with Gasteiger partial charge in [0, 0.05) is 6.42 Å². The van der Waals surface area contributed by atoms with E-state index in [2.05, 4.69) is 5.32 Å². The zero-order chi connectivity index (χ0) is 11.7. The van der Waals surface area contributed by atoms with Gasteiger partial charge in [0.15, 0.2) is 0 Å². The van der Waals surface area contributed by atoms with Crippen LogP contribution in [0, 0.1) is 0 Å². The Balaban J connectivity index is 3.67. The van der Waals surface area contributed by atoms with Crippen molar-refractivity contribution < 1.29 is 14.7 Å². The first kappa shape index (κ1) is 13.9. The molecule has 0 bridgehead atoms. The van der Waals surface area contributed by atoms with Crippen LogP contribution in [-0.2, 0) is 9.59 Å². The molecule has 0 aliphatic heterocycles. The smallest absolute Gasteiger partial charge is 0.326 e. The highest BCUT2D eigenvalue weighted by molar-refractivity contribution is 5.83. The molecule has 0 aromatic heterocycles. The number of unbranched alkanes of at least 4 members (excludes halogenated alkanes) is 2. The molecular formula is C10H20N2O3. The minimum atomic E-state index is -0.979. The number of hydrogen-bond acceptors (Lipinski definition) is 3. The molecule has 1 amide bonds. The minimum Gasteiger partial charge on any atom is -0.480 e. The molecule has 4 N–H and O–H groups in total. The number of nitrogens with two attached hydrogens (primary N) is 1. The Morgan fingerprint density at radius 2 is 2.00 bits per heavy atom. The lowest BCUT2D eigenvalue weighted by Gasteiger charge is -2.11. The molecule has 88 valence electrons. The van der Waals surface area contributed by atoms with Gasteiger partial charge in [-0.05, 0) is 25.8 Å². The van der Waals surface area contributed by atoms with Gasteiger partial charge in [-0.25, -0.2) is 4.79 Å². The van der Waals surface area contributed by atoms with Crippen LogP contribution in [0.2, 0.25) is 0 Å². The second-order valence-corrected chi connectivity index (χ2v) is 3.47. The Morgan fingerprint density at radius 3 is 2.47 bits per heavy atom. The van der Waals surface area contributed by atoms with E-state index in [1.54, 1.807) is 6.92 Å². The average molecular weight is 216 g/mol. The van der Waals surface area contributed by atoms with Crippen molar-refractivity contribution in [3.05, 3.63) is 0 Å². The molecule has 0 saturated carbocycles. The summed E-state index contributed by atoms with van der Waals surface area (Å²) in [5.41, 5.74) is 5.31. The highest BCUT2D eigenvalue weighted by atomic mass is 16.4. The lowest BCUT2D eigenvalue weighted by Crippen LogP contribution is -2.40. The molecule has 0 unspecified atom stereocenters. The maximum absolute atomic E-state index is 11.3. The van der Waals surface area contributed by atoms with Crippen LogP contribution < -0.4 is 11.1 Å². The van der Waals surface area contributed by atoms with E-state index in [1.165, 1.54) is 0 Å². The van der Waals surface area contributed by atoms with Crippen LogP contribution in [0.15, 0.2) is 0 Å². The summed E-state index contributed by atoms with van der Waals surface area (Å²) in [4.78, 5) is 21.9. The number of carboxylic acid groups (broad SMARTS) is 1. The zero-order valence-corrected chi connectivity index (χ0v) is 9.16. The van der Waals surface area contributed by atoms with Gasteiger partial charge in [-0.1, -0.05) is 13.3 Å². The van der Waals surface area contributed by atoms with E-state index in [9.17, 15) is 9.59 Å². The normalized spacial score (nSPS) is 12.1. The van der Waals surface area contributed by atoms with Crippen molar-refractivity contribution in [1.29, 1.82) is 0 Å². The molecule has 0 spiro atoms. The SMILES string of the molecule is CC[C@H](NC(=O)CCCCCN)C(=O)O. The Bertz CT molecular complexity index is 207. The zero-order valence-electron chi connectivity index (χ0n) is 9.16. The van der Waals surface area contributed by atoms with E-state index in [-0.39, 0.29) is 5.91 Å². The van der Waals surface area contributed by atoms with Crippen LogP contribution in [0.4, 0.5) is 0 Å². The summed E-state index contributed by atoms with van der Waals surface area (Å²) in [6.45, 7) is 2.36. The van der Waals surface area contributed by atoms with Crippen molar-refractivity contribution in [2.24, 2.45) is 5.73 Å². The Morgan fingerprint density at radius 1 is 1.33 bits per heavy atom. The van der Waals surface area contributed by atoms with E-state index in [0.717, 1.165) is 19.3 Å². The quantitative estimate of drug-likeness (QED) is 0.515. The third-order valence-corrected chi connectivity index (χ3v) is 2.15. The number of aliphatic carboxylic acids is 1. The first-order valence-electron chi connectivity index (χ1n) is 5.34. The predicted octanol–water partition coefficient (Wildman–Crippen LogP) is 0.485. The average Bonchev–Trinajstić information content (AvgIpc) is 2.20. The van der Waals surface area contributed by atoms with Gasteiger partial charge in [0.25, 0.3) is 0 Å². The molecule has 0 saturated heterocycles. The Kier molecular flexibility index (Phi) is 7.62. The molecule has 0 rings (SSSR count). The first-order valence-corrected chi connectivity index (χ1v) is 5.34. The molecule has 0 aromatic carbocycles. The van der Waals surface area contributed by atoms with Gasteiger partial charge in [-0.15, -0.1) is 0 Å². The molecule has 0 aromatic rings. The standard InChI is InChI=1S/C10H20N2O3/c1-2-8(10(14)15)12-9(13)6-4-3-5-7-11/h8H,2-7,11H2,1H3,(H,12,13)(H,14,15)/t8-/m0/s1. The summed E-state index contributed by atoms with van der Waals surface area (Å²) in [5, 5.41) is 11.2. The Hall–Kier alpha value is -1.10. The second kappa shape index (κ2) is 8.23. The van der Waals surface area contributed by atoms with Gasteiger partial charge in [-0.2, -0.15) is 0 Å². The first-order chi connectivity index (χ1) is 7.11. The van der Waals surface area contributed by atoms with Crippen LogP contribution in [0.25, 0.3) is 0 Å². The molecule has 5 heteroatoms. The highest BCUT2D eigenvalue weighted by Gasteiger charge is 2.16. The fourth-order valence-corrected chi connectivity index (χ4v) is 1.21. The molecule has 0 radical (unpaired) electrons. The van der Waals surface area contributed by atoms with Crippen molar-refractivity contribution in [2.45, 2.75) is 45.1 Å². The third-order valence-electron chi connectivity index (χ3n) is 2.15. The summed E-state index contributed by atoms with van der Waals surface area (Å²) in [6.07, 6.45) is 3.37. The summed E-state index contributed by atoms with van der Waals surface area (Å²) in [5.74, 6) is -1.17. The number of amides is 1. The molecule has 5 nitrogen and oxygen atoms in total. The monoisotopic (exact) mass is 216 g/mol. The number of carboxylic acids is 1. The van der Waals surface area contributed by atoms with Gasteiger partial charge in [0.1, 0.15) is 6.04 Å². The molecule has 1 atom stereocenters. The van der Waals surface area contributed by atoms with E-state index in [1.807, 2.05) is 0 Å². The molecule has 0 aliphatic rings. The minimum absolute atomic E-state index is 0.193. The topological polar surface area (TPSA) is 92.4 Å². The number of carbonyl (C=O) groups excluding carboxylic acids is 1. The van der Waals surface area contributed by atoms with Gasteiger partial charge in [0.05, 0.1) is 0 Å². The van der Waals surface area contributed by atoms with Crippen LogP contribution in [-0.4, -0.2) is 29.6 Å². The van der Waals surface area contributed by atoms with Crippen molar-refractivity contribution in [3.8, 4) is 0 Å². The lowest BCUT2D eigenvalue weighted by molar-refractivity contribution is -0.141. The maximum atomic E-state index is 11.3. The summed E-state index contributed by atoms with van der Waals surface area (Å²) < 4.78 is 0. The lowest BCUT2D eigenvalue weighted by atomic mass is 10.1. The second-order valence-electron chi connectivity index (χ2n) is 3.47. The number of rotatable bonds is 8. The number of carbonyl (C=O) groups is 2. The van der Waals surface area contributed by atoms with Crippen molar-refractivity contribution in [3.63, 3.8) is 0 Å². The number of nitrogens with one attached hydrogen (secondary N) is 1. The third kappa shape index (κ3) is 6.90. The van der Waals surface area contributed by atoms with Gasteiger partial charge in [-0.3, -0.25) is 4.79 Å².